The lowest BCUT2D eigenvalue weighted by atomic mass is 10.0. The summed E-state index contributed by atoms with van der Waals surface area (Å²) in [7, 11) is 1.45. The summed E-state index contributed by atoms with van der Waals surface area (Å²) in [5.74, 6) is 0.492. The number of ether oxygens (including phenoxy) is 2. The van der Waals surface area contributed by atoms with E-state index in [0.29, 0.717) is 22.4 Å². The summed E-state index contributed by atoms with van der Waals surface area (Å²) in [5, 5.41) is 1.41. The lowest BCUT2D eigenvalue weighted by Gasteiger charge is -2.04. The number of pyridine rings is 1. The third-order valence-corrected chi connectivity index (χ3v) is 3.41. The van der Waals surface area contributed by atoms with Gasteiger partial charge in [-0.25, -0.2) is 4.98 Å². The van der Waals surface area contributed by atoms with Crippen LogP contribution in [0.15, 0.2) is 18.3 Å². The standard InChI is InChI=1S/C13H8N2O4/c1-15-12(16)10-7-3-9-8(18-5-19-9)2-6(7)4-14-11(10)13(15)17/h2-4H,5H2,1H3. The number of rotatable bonds is 0. The molecule has 6 nitrogen and oxygen atoms in total. The number of hydrogen-bond donors (Lipinski definition) is 0. The molecule has 0 radical (unpaired) electrons. The Bertz CT molecular complexity index is 769. The number of hydrogen-bond acceptors (Lipinski definition) is 5. The maximum Gasteiger partial charge on any atom is 0.279 e. The molecule has 0 saturated heterocycles. The first-order valence-corrected chi connectivity index (χ1v) is 5.71. The van der Waals surface area contributed by atoms with Gasteiger partial charge in [0.1, 0.15) is 5.69 Å². The average Bonchev–Trinajstić information content (AvgIpc) is 2.95. The number of imide groups is 1. The monoisotopic (exact) mass is 256 g/mol. The van der Waals surface area contributed by atoms with Crippen molar-refractivity contribution in [1.29, 1.82) is 0 Å². The molecule has 0 unspecified atom stereocenters. The lowest BCUT2D eigenvalue weighted by molar-refractivity contribution is 0.0692. The Hall–Kier alpha value is -2.63. The molecule has 0 saturated carbocycles. The number of benzene rings is 1. The Morgan fingerprint density at radius 1 is 1.16 bits per heavy atom. The van der Waals surface area contributed by atoms with Crippen LogP contribution >= 0.6 is 0 Å². The number of amides is 2. The van der Waals surface area contributed by atoms with Gasteiger partial charge in [-0.1, -0.05) is 0 Å². The van der Waals surface area contributed by atoms with Crippen molar-refractivity contribution in [1.82, 2.24) is 9.88 Å². The van der Waals surface area contributed by atoms with Gasteiger partial charge in [0.2, 0.25) is 6.79 Å². The molecule has 0 N–H and O–H groups in total. The minimum atomic E-state index is -0.375. The number of fused-ring (bicyclic) bond motifs is 4. The van der Waals surface area contributed by atoms with Gasteiger partial charge in [-0.2, -0.15) is 0 Å². The van der Waals surface area contributed by atoms with E-state index in [1.54, 1.807) is 18.3 Å². The van der Waals surface area contributed by atoms with Gasteiger partial charge < -0.3 is 9.47 Å². The second-order valence-electron chi connectivity index (χ2n) is 4.44. The van der Waals surface area contributed by atoms with E-state index in [2.05, 4.69) is 4.98 Å². The first-order valence-electron chi connectivity index (χ1n) is 5.71. The summed E-state index contributed by atoms with van der Waals surface area (Å²) in [6, 6.07) is 3.49. The molecule has 0 atom stereocenters. The number of aromatic nitrogens is 1. The zero-order valence-electron chi connectivity index (χ0n) is 9.97. The zero-order chi connectivity index (χ0) is 13.1. The Morgan fingerprint density at radius 3 is 2.68 bits per heavy atom. The van der Waals surface area contributed by atoms with Gasteiger partial charge in [0.05, 0.1) is 5.56 Å². The Morgan fingerprint density at radius 2 is 1.89 bits per heavy atom. The summed E-state index contributed by atoms with van der Waals surface area (Å²) in [5.41, 5.74) is 0.530. The van der Waals surface area contributed by atoms with E-state index in [1.165, 1.54) is 7.05 Å². The maximum atomic E-state index is 12.1. The van der Waals surface area contributed by atoms with E-state index in [0.717, 1.165) is 10.3 Å². The van der Waals surface area contributed by atoms with Crippen molar-refractivity contribution in [3.63, 3.8) is 0 Å². The smallest absolute Gasteiger partial charge is 0.279 e. The van der Waals surface area contributed by atoms with Gasteiger partial charge >= 0.3 is 0 Å². The summed E-state index contributed by atoms with van der Waals surface area (Å²) < 4.78 is 10.6. The first kappa shape index (κ1) is 10.3. The average molecular weight is 256 g/mol. The first-order chi connectivity index (χ1) is 9.16. The van der Waals surface area contributed by atoms with Crippen LogP contribution in [0.1, 0.15) is 20.8 Å². The highest BCUT2D eigenvalue weighted by atomic mass is 16.7. The molecule has 2 amide bonds. The highest BCUT2D eigenvalue weighted by molar-refractivity contribution is 6.25. The van der Waals surface area contributed by atoms with E-state index < -0.39 is 0 Å². The molecular formula is C13H8N2O4. The number of nitrogens with zero attached hydrogens (tertiary/aromatic N) is 2. The molecule has 0 spiro atoms. The fourth-order valence-corrected chi connectivity index (χ4v) is 2.40. The van der Waals surface area contributed by atoms with Crippen molar-refractivity contribution < 1.29 is 19.1 Å². The van der Waals surface area contributed by atoms with Gasteiger partial charge in [0, 0.05) is 24.0 Å². The molecule has 2 aromatic rings. The number of carbonyl (C=O) groups is 2. The maximum absolute atomic E-state index is 12.1. The highest BCUT2D eigenvalue weighted by Crippen LogP contribution is 2.38. The quantitative estimate of drug-likeness (QED) is 0.662. The second kappa shape index (κ2) is 3.23. The Labute approximate surface area is 107 Å². The van der Waals surface area contributed by atoms with Crippen LogP contribution in [-0.2, 0) is 0 Å². The molecule has 2 aliphatic rings. The van der Waals surface area contributed by atoms with Crippen molar-refractivity contribution in [2.45, 2.75) is 0 Å². The minimum Gasteiger partial charge on any atom is -0.454 e. The molecule has 1 aromatic carbocycles. The van der Waals surface area contributed by atoms with Crippen LogP contribution in [0.2, 0.25) is 0 Å². The third-order valence-electron chi connectivity index (χ3n) is 3.41. The molecule has 6 heteroatoms. The van der Waals surface area contributed by atoms with Gasteiger partial charge in [0.15, 0.2) is 11.5 Å². The van der Waals surface area contributed by atoms with E-state index in [-0.39, 0.29) is 24.3 Å². The molecule has 3 heterocycles. The van der Waals surface area contributed by atoms with Crippen LogP contribution in [0, 0.1) is 0 Å². The van der Waals surface area contributed by atoms with Crippen LogP contribution in [0.5, 0.6) is 11.5 Å². The fourth-order valence-electron chi connectivity index (χ4n) is 2.40. The summed E-state index contributed by atoms with van der Waals surface area (Å²) in [6.07, 6.45) is 1.57. The van der Waals surface area contributed by atoms with Crippen molar-refractivity contribution in [3.05, 3.63) is 29.6 Å². The van der Waals surface area contributed by atoms with E-state index in [4.69, 9.17) is 9.47 Å². The second-order valence-corrected chi connectivity index (χ2v) is 4.44. The number of carbonyl (C=O) groups excluding carboxylic acids is 2. The van der Waals surface area contributed by atoms with Gasteiger partial charge in [0.25, 0.3) is 11.8 Å². The molecule has 94 valence electrons. The van der Waals surface area contributed by atoms with Crippen LogP contribution in [0.4, 0.5) is 0 Å². The van der Waals surface area contributed by atoms with E-state index >= 15 is 0 Å². The zero-order valence-corrected chi connectivity index (χ0v) is 9.97. The molecule has 19 heavy (non-hydrogen) atoms. The van der Waals surface area contributed by atoms with Crippen LogP contribution in [0.25, 0.3) is 10.8 Å². The molecule has 1 aromatic heterocycles. The lowest BCUT2D eigenvalue weighted by Crippen LogP contribution is -2.24. The normalized spacial score (nSPS) is 16.4. The summed E-state index contributed by atoms with van der Waals surface area (Å²) >= 11 is 0. The molecule has 4 rings (SSSR count). The Balaban J connectivity index is 2.10. The van der Waals surface area contributed by atoms with Crippen LogP contribution < -0.4 is 9.47 Å². The van der Waals surface area contributed by atoms with E-state index in [1.807, 2.05) is 0 Å². The molecule has 0 bridgehead atoms. The fraction of sp³-hybridized carbons (Fsp3) is 0.154. The third kappa shape index (κ3) is 1.17. The van der Waals surface area contributed by atoms with Gasteiger partial charge in [-0.05, 0) is 12.1 Å². The van der Waals surface area contributed by atoms with Gasteiger partial charge in [-0.3, -0.25) is 14.5 Å². The predicted molar refractivity (Wildman–Crippen MR) is 64.3 cm³/mol. The van der Waals surface area contributed by atoms with Crippen molar-refractivity contribution in [2.75, 3.05) is 13.8 Å². The predicted octanol–water partition coefficient (Wildman–Crippen LogP) is 1.19. The van der Waals surface area contributed by atoms with Gasteiger partial charge in [-0.15, -0.1) is 0 Å². The van der Waals surface area contributed by atoms with Crippen molar-refractivity contribution in [2.24, 2.45) is 0 Å². The SMILES string of the molecule is CN1C(=O)c2ncc3cc4c(cc3c2C1=O)OCO4. The van der Waals surface area contributed by atoms with Crippen molar-refractivity contribution >= 4 is 22.6 Å². The minimum absolute atomic E-state index is 0.161. The molecular weight excluding hydrogens is 248 g/mol. The van der Waals surface area contributed by atoms with Crippen LogP contribution in [0.3, 0.4) is 0 Å². The molecule has 2 aliphatic heterocycles. The summed E-state index contributed by atoms with van der Waals surface area (Å²) in [4.78, 5) is 29.1. The molecule has 0 aliphatic carbocycles. The largest absolute Gasteiger partial charge is 0.454 e. The molecule has 0 fully saturated rings. The summed E-state index contributed by atoms with van der Waals surface area (Å²) in [6.45, 7) is 0.161. The highest BCUT2D eigenvalue weighted by Gasteiger charge is 2.36. The van der Waals surface area contributed by atoms with Crippen molar-refractivity contribution in [3.8, 4) is 11.5 Å². The van der Waals surface area contributed by atoms with E-state index in [9.17, 15) is 9.59 Å². The Kier molecular flexibility index (Phi) is 1.75. The topological polar surface area (TPSA) is 68.7 Å². The van der Waals surface area contributed by atoms with Crippen LogP contribution in [-0.4, -0.2) is 35.5 Å².